The molecule has 0 unspecified atom stereocenters. The largest absolute Gasteiger partial charge is 0.415 e. The Hall–Kier alpha value is -0.683. The van der Waals surface area contributed by atoms with Crippen molar-refractivity contribution in [3.63, 3.8) is 0 Å². The van der Waals surface area contributed by atoms with Gasteiger partial charge in [0.2, 0.25) is 0 Å². The first-order valence-corrected chi connectivity index (χ1v) is 15.7. The highest BCUT2D eigenvalue weighted by Crippen LogP contribution is 2.31. The van der Waals surface area contributed by atoms with Gasteiger partial charge < -0.3 is 13.9 Å². The molecule has 0 aliphatic carbocycles. The average molecular weight is 549 g/mol. The van der Waals surface area contributed by atoms with E-state index in [0.717, 1.165) is 32.3 Å². The molecular formula is C33H76O3Si. The molecule has 0 atom stereocenters. The first kappa shape index (κ1) is 52.7. The van der Waals surface area contributed by atoms with Crippen molar-refractivity contribution in [2.45, 2.75) is 144 Å². The van der Waals surface area contributed by atoms with E-state index in [2.05, 4.69) is 92.4 Å². The Labute approximate surface area is 239 Å². The highest BCUT2D eigenvalue weighted by atomic mass is 28.4. The fourth-order valence-electron chi connectivity index (χ4n) is 3.21. The molecule has 3 nitrogen and oxygen atoms in total. The fraction of sp³-hybridized carbons (Fsp3) is 0.818. The van der Waals surface area contributed by atoms with Crippen molar-refractivity contribution in [2.75, 3.05) is 26.4 Å². The van der Waals surface area contributed by atoms with E-state index in [1.807, 2.05) is 6.07 Å². The Bertz CT molecular complexity index is 527. The van der Waals surface area contributed by atoms with Crippen molar-refractivity contribution < 1.29 is 13.9 Å². The van der Waals surface area contributed by atoms with Gasteiger partial charge in [-0.2, -0.15) is 0 Å². The third kappa shape index (κ3) is 29.7. The number of benzene rings is 1. The molecule has 1 aliphatic rings. The van der Waals surface area contributed by atoms with E-state index in [1.54, 1.807) is 0 Å². The summed E-state index contributed by atoms with van der Waals surface area (Å²) in [5, 5.41) is 0. The molecule has 1 aliphatic heterocycles. The van der Waals surface area contributed by atoms with E-state index in [0.29, 0.717) is 17.4 Å². The van der Waals surface area contributed by atoms with E-state index >= 15 is 0 Å². The summed E-state index contributed by atoms with van der Waals surface area (Å²) in [6, 6.07) is 10.5. The van der Waals surface area contributed by atoms with Crippen LogP contribution in [0.15, 0.2) is 30.3 Å². The summed E-state index contributed by atoms with van der Waals surface area (Å²) in [4.78, 5) is 0. The molecule has 4 heteroatoms. The third-order valence-electron chi connectivity index (χ3n) is 5.10. The molecule has 2 rings (SSSR count). The van der Waals surface area contributed by atoms with Gasteiger partial charge in [0.15, 0.2) is 8.32 Å². The summed E-state index contributed by atoms with van der Waals surface area (Å²) >= 11 is 0. The van der Waals surface area contributed by atoms with Gasteiger partial charge in [0.1, 0.15) is 0 Å². The van der Waals surface area contributed by atoms with E-state index in [-0.39, 0.29) is 44.6 Å². The summed E-state index contributed by atoms with van der Waals surface area (Å²) in [5.74, 6) is 1.46. The van der Waals surface area contributed by atoms with Crippen molar-refractivity contribution in [2.24, 2.45) is 11.3 Å². The first-order chi connectivity index (χ1) is 14.4. The minimum absolute atomic E-state index is 0. The van der Waals surface area contributed by atoms with Gasteiger partial charge in [-0.25, -0.2) is 0 Å². The van der Waals surface area contributed by atoms with Crippen LogP contribution in [0.1, 0.15) is 124 Å². The summed E-state index contributed by atoms with van der Waals surface area (Å²) in [6.45, 7) is 25.5. The Balaban J connectivity index is -0.0000000703. The van der Waals surface area contributed by atoms with Crippen LogP contribution in [0.3, 0.4) is 0 Å². The normalized spacial score (nSPS) is 12.7. The molecule has 0 N–H and O–H groups in total. The molecule has 0 amide bonds. The smallest absolute Gasteiger partial charge is 0.184 e. The monoisotopic (exact) mass is 549 g/mol. The summed E-state index contributed by atoms with van der Waals surface area (Å²) in [7, 11) is -1.22. The molecule has 1 fully saturated rings. The molecule has 1 aromatic rings. The van der Waals surface area contributed by atoms with Crippen LogP contribution in [0.4, 0.5) is 0 Å². The molecule has 0 saturated carbocycles. The third-order valence-corrected chi connectivity index (χ3v) is 6.28. The fourth-order valence-corrected chi connectivity index (χ4v) is 4.62. The van der Waals surface area contributed by atoms with Crippen LogP contribution in [0, 0.1) is 11.3 Å². The predicted molar refractivity (Wildman–Crippen MR) is 179 cm³/mol. The quantitative estimate of drug-likeness (QED) is 0.215. The Morgan fingerprint density at radius 1 is 0.838 bits per heavy atom. The zero-order chi connectivity index (χ0) is 23.9. The molecule has 1 saturated heterocycles. The Morgan fingerprint density at radius 2 is 1.32 bits per heavy atom. The van der Waals surface area contributed by atoms with Crippen LogP contribution >= 0.6 is 0 Å². The van der Waals surface area contributed by atoms with Crippen LogP contribution in [0.2, 0.25) is 19.6 Å². The lowest BCUT2D eigenvalue weighted by Crippen LogP contribution is -2.45. The van der Waals surface area contributed by atoms with Crippen molar-refractivity contribution >= 4 is 8.32 Å². The summed E-state index contributed by atoms with van der Waals surface area (Å²) in [6.07, 6.45) is 4.05. The van der Waals surface area contributed by atoms with Crippen LogP contribution in [0.25, 0.3) is 0 Å². The highest BCUT2D eigenvalue weighted by molar-refractivity contribution is 6.69. The second-order valence-corrected chi connectivity index (χ2v) is 15.2. The molecule has 37 heavy (non-hydrogen) atoms. The van der Waals surface area contributed by atoms with Gasteiger partial charge in [-0.3, -0.25) is 0 Å². The molecule has 230 valence electrons. The van der Waals surface area contributed by atoms with E-state index in [4.69, 9.17) is 13.9 Å². The van der Waals surface area contributed by atoms with Crippen molar-refractivity contribution in [3.05, 3.63) is 35.9 Å². The lowest BCUT2D eigenvalue weighted by molar-refractivity contribution is -0.150. The molecule has 1 heterocycles. The number of hydrogen-bond acceptors (Lipinski definition) is 3. The van der Waals surface area contributed by atoms with Gasteiger partial charge >= 0.3 is 0 Å². The average Bonchev–Trinajstić information content (AvgIpc) is 2.63. The highest BCUT2D eigenvalue weighted by Gasteiger charge is 2.36. The SMILES string of the molecule is C.C.C.C.C.C.CC(C)O[Si](C)(C)C.CC(C)c1ccccc1.CCC1(COCCCC(C)C)COC1. The molecule has 0 aromatic heterocycles. The van der Waals surface area contributed by atoms with Crippen LogP contribution < -0.4 is 0 Å². The maximum atomic E-state index is 5.70. The minimum Gasteiger partial charge on any atom is -0.415 e. The maximum absolute atomic E-state index is 5.70. The van der Waals surface area contributed by atoms with Gasteiger partial charge in [-0.05, 0) is 70.2 Å². The van der Waals surface area contributed by atoms with Crippen LogP contribution in [-0.2, 0) is 13.9 Å². The van der Waals surface area contributed by atoms with Gasteiger partial charge in [-0.1, -0.05) is 110 Å². The molecule has 0 radical (unpaired) electrons. The van der Waals surface area contributed by atoms with Crippen molar-refractivity contribution in [1.29, 1.82) is 0 Å². The van der Waals surface area contributed by atoms with Gasteiger partial charge in [0.05, 0.1) is 19.8 Å². The number of rotatable bonds is 10. The predicted octanol–water partition coefficient (Wildman–Crippen LogP) is 11.7. The molecule has 0 bridgehead atoms. The Kier molecular flexibility index (Phi) is 40.4. The topological polar surface area (TPSA) is 27.7 Å². The van der Waals surface area contributed by atoms with Gasteiger partial charge in [0, 0.05) is 18.1 Å². The van der Waals surface area contributed by atoms with Gasteiger partial charge in [0.25, 0.3) is 0 Å². The lowest BCUT2D eigenvalue weighted by Gasteiger charge is -2.40. The van der Waals surface area contributed by atoms with Gasteiger partial charge in [-0.15, -0.1) is 0 Å². The summed E-state index contributed by atoms with van der Waals surface area (Å²) in [5.41, 5.74) is 1.77. The minimum atomic E-state index is -1.22. The second-order valence-electron chi connectivity index (χ2n) is 10.8. The van der Waals surface area contributed by atoms with E-state index < -0.39 is 8.32 Å². The van der Waals surface area contributed by atoms with Crippen LogP contribution in [-0.4, -0.2) is 40.8 Å². The van der Waals surface area contributed by atoms with Crippen molar-refractivity contribution in [3.8, 4) is 0 Å². The second kappa shape index (κ2) is 28.3. The number of ether oxygens (including phenoxy) is 2. The molecule has 0 spiro atoms. The van der Waals surface area contributed by atoms with E-state index in [9.17, 15) is 0 Å². The summed E-state index contributed by atoms with van der Waals surface area (Å²) < 4.78 is 16.5. The standard InChI is InChI=1S/C12H24O2.C9H12.C6H16OSi.6CH4/c1-4-12(9-14-10-12)8-13-7-5-6-11(2)3;1-8(2)9-6-4-3-5-7-9;1-6(2)7-8(3,4)5;;;;;;/h11H,4-10H2,1-3H3;3-8H,1-2H3;6H,1-5H3;6*1H4. The molecular weight excluding hydrogens is 472 g/mol. The number of hydrogen-bond donors (Lipinski definition) is 0. The first-order valence-electron chi connectivity index (χ1n) is 12.3. The van der Waals surface area contributed by atoms with Crippen LogP contribution in [0.5, 0.6) is 0 Å². The van der Waals surface area contributed by atoms with Crippen molar-refractivity contribution in [1.82, 2.24) is 0 Å². The zero-order valence-corrected chi connectivity index (χ0v) is 23.3. The zero-order valence-electron chi connectivity index (χ0n) is 22.3. The lowest BCUT2D eigenvalue weighted by atomic mass is 9.84. The Morgan fingerprint density at radius 3 is 1.57 bits per heavy atom. The van der Waals surface area contributed by atoms with E-state index in [1.165, 1.54) is 24.8 Å². The molecule has 1 aromatic carbocycles. The maximum Gasteiger partial charge on any atom is 0.184 e.